The van der Waals surface area contributed by atoms with E-state index >= 15 is 0 Å². The summed E-state index contributed by atoms with van der Waals surface area (Å²) >= 11 is 0. The molecule has 0 saturated heterocycles. The SMILES string of the molecule is CCN(CC)CCCCNC(=O)/C=C/c1coc2ccc(C)cc2c1=O. The van der Waals surface area contributed by atoms with Crippen molar-refractivity contribution in [1.82, 2.24) is 10.2 Å². The van der Waals surface area contributed by atoms with Crippen LogP contribution in [0.1, 0.15) is 37.8 Å². The first-order valence-corrected chi connectivity index (χ1v) is 9.25. The minimum atomic E-state index is -0.198. The van der Waals surface area contributed by atoms with Crippen molar-refractivity contribution < 1.29 is 9.21 Å². The number of nitrogens with one attached hydrogen (secondary N) is 1. The van der Waals surface area contributed by atoms with E-state index in [1.165, 1.54) is 18.4 Å². The van der Waals surface area contributed by atoms with Crippen molar-refractivity contribution in [2.24, 2.45) is 0 Å². The number of benzene rings is 1. The lowest BCUT2D eigenvalue weighted by Crippen LogP contribution is -2.26. The van der Waals surface area contributed by atoms with Crippen LogP contribution < -0.4 is 10.7 Å². The molecule has 0 saturated carbocycles. The van der Waals surface area contributed by atoms with Crippen LogP contribution in [0.5, 0.6) is 0 Å². The van der Waals surface area contributed by atoms with Crippen LogP contribution in [0.2, 0.25) is 0 Å². The highest BCUT2D eigenvalue weighted by atomic mass is 16.3. The summed E-state index contributed by atoms with van der Waals surface area (Å²) in [5, 5.41) is 3.38. The minimum Gasteiger partial charge on any atom is -0.463 e. The molecule has 0 fully saturated rings. The van der Waals surface area contributed by atoms with Crippen LogP contribution >= 0.6 is 0 Å². The minimum absolute atomic E-state index is 0.127. The van der Waals surface area contributed by atoms with Crippen molar-refractivity contribution in [2.75, 3.05) is 26.2 Å². The Morgan fingerprint density at radius 3 is 2.73 bits per heavy atom. The Morgan fingerprint density at radius 2 is 2.00 bits per heavy atom. The van der Waals surface area contributed by atoms with Gasteiger partial charge < -0.3 is 14.6 Å². The third-order valence-electron chi connectivity index (χ3n) is 4.46. The maximum atomic E-state index is 12.5. The Labute approximate surface area is 154 Å². The Bertz CT molecular complexity index is 820. The molecule has 0 spiro atoms. The smallest absolute Gasteiger partial charge is 0.244 e. The van der Waals surface area contributed by atoms with E-state index in [1.54, 1.807) is 12.1 Å². The first-order valence-electron chi connectivity index (χ1n) is 9.25. The van der Waals surface area contributed by atoms with E-state index in [2.05, 4.69) is 24.1 Å². The third-order valence-corrected chi connectivity index (χ3v) is 4.46. The van der Waals surface area contributed by atoms with Gasteiger partial charge >= 0.3 is 0 Å². The number of carbonyl (C=O) groups excluding carboxylic acids is 1. The van der Waals surface area contributed by atoms with Gasteiger partial charge in [0, 0.05) is 12.6 Å². The summed E-state index contributed by atoms with van der Waals surface area (Å²) in [6, 6.07) is 5.48. The topological polar surface area (TPSA) is 62.6 Å². The highest BCUT2D eigenvalue weighted by Gasteiger charge is 2.05. The molecule has 0 aliphatic carbocycles. The molecule has 1 heterocycles. The number of carbonyl (C=O) groups is 1. The van der Waals surface area contributed by atoms with Crippen LogP contribution in [0, 0.1) is 6.92 Å². The van der Waals surface area contributed by atoms with Crippen molar-refractivity contribution in [1.29, 1.82) is 0 Å². The van der Waals surface area contributed by atoms with Gasteiger partial charge in [0.1, 0.15) is 11.8 Å². The quantitative estimate of drug-likeness (QED) is 0.553. The first kappa shape index (κ1) is 19.9. The molecule has 0 aliphatic heterocycles. The van der Waals surface area contributed by atoms with E-state index in [0.29, 0.717) is 23.1 Å². The van der Waals surface area contributed by atoms with Crippen molar-refractivity contribution in [3.05, 3.63) is 51.9 Å². The Kier molecular flexibility index (Phi) is 7.60. The average molecular weight is 356 g/mol. The van der Waals surface area contributed by atoms with Gasteiger partial charge in [-0.25, -0.2) is 0 Å². The summed E-state index contributed by atoms with van der Waals surface area (Å²) in [6.07, 6.45) is 6.29. The molecular formula is C21H28N2O3. The van der Waals surface area contributed by atoms with E-state index in [4.69, 9.17) is 4.42 Å². The summed E-state index contributed by atoms with van der Waals surface area (Å²) in [6.45, 7) is 10.0. The summed E-state index contributed by atoms with van der Waals surface area (Å²) in [4.78, 5) is 26.7. The van der Waals surface area contributed by atoms with Crippen LogP contribution in [-0.2, 0) is 4.79 Å². The van der Waals surface area contributed by atoms with Gasteiger partial charge in [0.15, 0.2) is 5.43 Å². The first-order chi connectivity index (χ1) is 12.5. The average Bonchev–Trinajstić information content (AvgIpc) is 2.64. The molecule has 0 aliphatic rings. The monoisotopic (exact) mass is 356 g/mol. The standard InChI is InChI=1S/C21H28N2O3/c1-4-23(5-2)13-7-6-12-22-20(24)11-9-17-15-26-19-10-8-16(3)14-18(19)21(17)25/h8-11,14-15H,4-7,12-13H2,1-3H3,(H,22,24)/b11-9+. The molecule has 2 rings (SSSR count). The van der Waals surface area contributed by atoms with Crippen LogP contribution in [0.25, 0.3) is 17.0 Å². The van der Waals surface area contributed by atoms with Gasteiger partial charge in [0.05, 0.1) is 10.9 Å². The molecule has 140 valence electrons. The lowest BCUT2D eigenvalue weighted by molar-refractivity contribution is -0.116. The van der Waals surface area contributed by atoms with Crippen LogP contribution in [0.15, 0.2) is 39.7 Å². The lowest BCUT2D eigenvalue weighted by Gasteiger charge is -2.17. The predicted molar refractivity (Wildman–Crippen MR) is 106 cm³/mol. The van der Waals surface area contributed by atoms with Crippen LogP contribution in [0.3, 0.4) is 0 Å². The second kappa shape index (κ2) is 9.92. The normalized spacial score (nSPS) is 11.5. The molecule has 2 aromatic rings. The molecule has 0 bridgehead atoms. The van der Waals surface area contributed by atoms with Crippen molar-refractivity contribution in [3.8, 4) is 0 Å². The summed E-state index contributed by atoms with van der Waals surface area (Å²) in [7, 11) is 0. The lowest BCUT2D eigenvalue weighted by atomic mass is 10.1. The largest absolute Gasteiger partial charge is 0.463 e. The molecule has 0 radical (unpaired) electrons. The van der Waals surface area contributed by atoms with Crippen molar-refractivity contribution in [3.63, 3.8) is 0 Å². The number of aryl methyl sites for hydroxylation is 1. The summed E-state index contributed by atoms with van der Waals surface area (Å²) in [5.74, 6) is -0.198. The number of nitrogens with zero attached hydrogens (tertiary/aromatic N) is 1. The Balaban J connectivity index is 1.87. The summed E-state index contributed by atoms with van der Waals surface area (Å²) in [5.41, 5.74) is 1.79. The molecule has 0 unspecified atom stereocenters. The molecule has 1 aromatic heterocycles. The van der Waals surface area contributed by atoms with Gasteiger partial charge in [0.2, 0.25) is 5.91 Å². The number of hydrogen-bond donors (Lipinski definition) is 1. The zero-order chi connectivity index (χ0) is 18.9. The highest BCUT2D eigenvalue weighted by Crippen LogP contribution is 2.13. The van der Waals surface area contributed by atoms with Gasteiger partial charge in [-0.15, -0.1) is 0 Å². The Morgan fingerprint density at radius 1 is 1.23 bits per heavy atom. The molecule has 5 heteroatoms. The maximum Gasteiger partial charge on any atom is 0.244 e. The van der Waals surface area contributed by atoms with Gasteiger partial charge in [-0.2, -0.15) is 0 Å². The predicted octanol–water partition coefficient (Wildman–Crippen LogP) is 3.35. The van der Waals surface area contributed by atoms with Gasteiger partial charge in [-0.05, 0) is 57.6 Å². The van der Waals surface area contributed by atoms with E-state index in [9.17, 15) is 9.59 Å². The van der Waals surface area contributed by atoms with Crippen molar-refractivity contribution in [2.45, 2.75) is 33.6 Å². The maximum absolute atomic E-state index is 12.5. The molecule has 26 heavy (non-hydrogen) atoms. The molecular weight excluding hydrogens is 328 g/mol. The van der Waals surface area contributed by atoms with Crippen LogP contribution in [-0.4, -0.2) is 37.0 Å². The number of fused-ring (bicyclic) bond motifs is 1. The third kappa shape index (κ3) is 5.56. The van der Waals surface area contributed by atoms with E-state index < -0.39 is 0 Å². The van der Waals surface area contributed by atoms with E-state index in [0.717, 1.165) is 38.0 Å². The van der Waals surface area contributed by atoms with Crippen molar-refractivity contribution >= 4 is 23.0 Å². The fourth-order valence-electron chi connectivity index (χ4n) is 2.81. The number of unbranched alkanes of at least 4 members (excludes halogenated alkanes) is 1. The highest BCUT2D eigenvalue weighted by molar-refractivity contribution is 5.92. The molecule has 1 aromatic carbocycles. The summed E-state index contributed by atoms with van der Waals surface area (Å²) < 4.78 is 5.48. The van der Waals surface area contributed by atoms with Gasteiger partial charge in [0.25, 0.3) is 0 Å². The van der Waals surface area contributed by atoms with Crippen LogP contribution in [0.4, 0.5) is 0 Å². The molecule has 5 nitrogen and oxygen atoms in total. The van der Waals surface area contributed by atoms with E-state index in [-0.39, 0.29) is 11.3 Å². The number of hydrogen-bond acceptors (Lipinski definition) is 4. The zero-order valence-corrected chi connectivity index (χ0v) is 15.9. The zero-order valence-electron chi connectivity index (χ0n) is 15.9. The van der Waals surface area contributed by atoms with E-state index in [1.807, 2.05) is 13.0 Å². The number of amides is 1. The molecule has 1 amide bonds. The molecule has 0 atom stereocenters. The fraction of sp³-hybridized carbons (Fsp3) is 0.429. The Hall–Kier alpha value is -2.40. The fourth-order valence-corrected chi connectivity index (χ4v) is 2.81. The van der Waals surface area contributed by atoms with Gasteiger partial charge in [-0.3, -0.25) is 9.59 Å². The molecule has 1 N–H and O–H groups in total. The van der Waals surface area contributed by atoms with Gasteiger partial charge in [-0.1, -0.05) is 25.5 Å². The second-order valence-electron chi connectivity index (χ2n) is 6.38. The number of rotatable bonds is 9. The second-order valence-corrected chi connectivity index (χ2v) is 6.38.